The van der Waals surface area contributed by atoms with Gasteiger partial charge in [-0.2, -0.15) is 0 Å². The van der Waals surface area contributed by atoms with Gasteiger partial charge in [-0.15, -0.1) is 0 Å². The van der Waals surface area contributed by atoms with Gasteiger partial charge in [-0.1, -0.05) is 23.7 Å². The highest BCUT2D eigenvalue weighted by Gasteiger charge is 2.49. The van der Waals surface area contributed by atoms with Crippen LogP contribution >= 0.6 is 11.6 Å². The minimum Gasteiger partial charge on any atom is -0.400 e. The lowest BCUT2D eigenvalue weighted by Gasteiger charge is -2.32. The average Bonchev–Trinajstić information content (AvgIpc) is 2.43. The van der Waals surface area contributed by atoms with E-state index in [4.69, 9.17) is 20.9 Å². The molecular weight excluding hydrogens is 260 g/mol. The van der Waals surface area contributed by atoms with E-state index in [1.165, 1.54) is 0 Å². The van der Waals surface area contributed by atoms with Gasteiger partial charge < -0.3 is 9.31 Å². The zero-order chi connectivity index (χ0) is 14.3. The molecule has 1 saturated heterocycles. The topological polar surface area (TPSA) is 31.4 Å². The predicted molar refractivity (Wildman–Crippen MR) is 79.1 cm³/mol. The molecular formula is C14H19BClNO2. The highest BCUT2D eigenvalue weighted by Crippen LogP contribution is 2.37. The standard InChI is InChI=1S/C14H19BClNO2/c1-10-8-11(9-12(16)17-10)6-7-15-18-13(2,3)14(4,5)19-15/h6-9H,1-5H3/b7-6+. The maximum Gasteiger partial charge on any atom is 0.487 e. The lowest BCUT2D eigenvalue weighted by atomic mass is 9.89. The van der Waals surface area contributed by atoms with Crippen LogP contribution < -0.4 is 0 Å². The Morgan fingerprint density at radius 1 is 1.16 bits per heavy atom. The van der Waals surface area contributed by atoms with Gasteiger partial charge in [-0.05, 0) is 52.3 Å². The van der Waals surface area contributed by atoms with Gasteiger partial charge in [0.1, 0.15) is 5.15 Å². The second-order valence-corrected chi connectivity index (χ2v) is 6.24. The molecule has 5 heteroatoms. The fourth-order valence-electron chi connectivity index (χ4n) is 1.91. The Bertz CT molecular complexity index is 478. The van der Waals surface area contributed by atoms with Gasteiger partial charge in [0, 0.05) is 5.69 Å². The van der Waals surface area contributed by atoms with Crippen molar-refractivity contribution < 1.29 is 9.31 Å². The van der Waals surface area contributed by atoms with Crippen LogP contribution in [-0.4, -0.2) is 23.3 Å². The van der Waals surface area contributed by atoms with Gasteiger partial charge in [0.2, 0.25) is 0 Å². The zero-order valence-corrected chi connectivity index (χ0v) is 12.8. The van der Waals surface area contributed by atoms with Gasteiger partial charge in [-0.25, -0.2) is 4.98 Å². The summed E-state index contributed by atoms with van der Waals surface area (Å²) in [5, 5.41) is 0.494. The third kappa shape index (κ3) is 3.19. The minimum absolute atomic E-state index is 0.312. The summed E-state index contributed by atoms with van der Waals surface area (Å²) < 4.78 is 11.8. The zero-order valence-electron chi connectivity index (χ0n) is 12.0. The predicted octanol–water partition coefficient (Wildman–Crippen LogP) is 3.69. The van der Waals surface area contributed by atoms with Crippen molar-refractivity contribution in [2.45, 2.75) is 45.8 Å². The van der Waals surface area contributed by atoms with Crippen LogP contribution in [0.2, 0.25) is 5.15 Å². The molecule has 0 aromatic carbocycles. The third-order valence-corrected chi connectivity index (χ3v) is 3.86. The summed E-state index contributed by atoms with van der Waals surface area (Å²) >= 11 is 5.93. The van der Waals surface area contributed by atoms with E-state index in [0.717, 1.165) is 11.3 Å². The van der Waals surface area contributed by atoms with Crippen LogP contribution in [0.25, 0.3) is 6.08 Å². The van der Waals surface area contributed by atoms with Crippen LogP contribution in [-0.2, 0) is 9.31 Å². The van der Waals surface area contributed by atoms with Crippen LogP contribution in [0.3, 0.4) is 0 Å². The lowest BCUT2D eigenvalue weighted by molar-refractivity contribution is 0.00578. The lowest BCUT2D eigenvalue weighted by Crippen LogP contribution is -2.41. The summed E-state index contributed by atoms with van der Waals surface area (Å²) in [7, 11) is -0.336. The van der Waals surface area contributed by atoms with Crippen LogP contribution in [0.4, 0.5) is 0 Å². The maximum absolute atomic E-state index is 5.93. The molecule has 1 aliphatic heterocycles. The number of rotatable bonds is 2. The molecule has 1 fully saturated rings. The first-order valence-corrected chi connectivity index (χ1v) is 6.75. The molecule has 0 amide bonds. The fourth-order valence-corrected chi connectivity index (χ4v) is 2.17. The molecule has 1 aromatic heterocycles. The Morgan fingerprint density at radius 3 is 2.26 bits per heavy atom. The Balaban J connectivity index is 2.12. The Hall–Kier alpha value is -0.835. The Kier molecular flexibility index (Phi) is 3.78. The summed E-state index contributed by atoms with van der Waals surface area (Å²) in [5.41, 5.74) is 1.26. The molecule has 1 aromatic rings. The summed E-state index contributed by atoms with van der Waals surface area (Å²) in [6.45, 7) is 10.1. The molecule has 0 unspecified atom stereocenters. The molecule has 2 rings (SSSR count). The van der Waals surface area contributed by atoms with E-state index >= 15 is 0 Å². The van der Waals surface area contributed by atoms with Crippen LogP contribution in [0, 0.1) is 6.92 Å². The van der Waals surface area contributed by atoms with E-state index in [2.05, 4.69) is 4.98 Å². The van der Waals surface area contributed by atoms with E-state index in [1.807, 2.05) is 58.8 Å². The number of aryl methyl sites for hydroxylation is 1. The van der Waals surface area contributed by atoms with Crippen molar-refractivity contribution in [3.05, 3.63) is 34.5 Å². The SMILES string of the molecule is Cc1cc(/C=C/B2OC(C)(C)C(C)(C)O2)cc(Cl)n1. The van der Waals surface area contributed by atoms with Crippen molar-refractivity contribution in [3.8, 4) is 0 Å². The smallest absolute Gasteiger partial charge is 0.400 e. The van der Waals surface area contributed by atoms with Crippen molar-refractivity contribution in [3.63, 3.8) is 0 Å². The molecule has 0 saturated carbocycles. The van der Waals surface area contributed by atoms with E-state index in [0.29, 0.717) is 5.15 Å². The highest BCUT2D eigenvalue weighted by molar-refractivity contribution is 6.52. The van der Waals surface area contributed by atoms with Gasteiger partial charge >= 0.3 is 7.12 Å². The molecule has 0 spiro atoms. The second kappa shape index (κ2) is 4.93. The molecule has 0 N–H and O–H groups in total. The van der Waals surface area contributed by atoms with Crippen molar-refractivity contribution in [2.75, 3.05) is 0 Å². The quantitative estimate of drug-likeness (QED) is 0.611. The molecule has 0 atom stereocenters. The van der Waals surface area contributed by atoms with E-state index in [9.17, 15) is 0 Å². The molecule has 0 radical (unpaired) electrons. The molecule has 2 heterocycles. The minimum atomic E-state index is -0.336. The largest absolute Gasteiger partial charge is 0.487 e. The van der Waals surface area contributed by atoms with Gasteiger partial charge in [0.25, 0.3) is 0 Å². The van der Waals surface area contributed by atoms with Crippen molar-refractivity contribution >= 4 is 24.8 Å². The number of nitrogens with zero attached hydrogens (tertiary/aromatic N) is 1. The Labute approximate surface area is 120 Å². The first kappa shape index (κ1) is 14.6. The van der Waals surface area contributed by atoms with E-state index < -0.39 is 0 Å². The summed E-state index contributed by atoms with van der Waals surface area (Å²) in [4.78, 5) is 4.13. The van der Waals surface area contributed by atoms with Gasteiger partial charge in [-0.3, -0.25) is 0 Å². The molecule has 0 aliphatic carbocycles. The van der Waals surface area contributed by atoms with E-state index in [-0.39, 0.29) is 18.3 Å². The highest BCUT2D eigenvalue weighted by atomic mass is 35.5. The average molecular weight is 280 g/mol. The number of pyridine rings is 1. The molecule has 1 aliphatic rings. The van der Waals surface area contributed by atoms with Crippen molar-refractivity contribution in [1.29, 1.82) is 0 Å². The molecule has 0 bridgehead atoms. The van der Waals surface area contributed by atoms with Gasteiger partial charge in [0.05, 0.1) is 11.2 Å². The van der Waals surface area contributed by atoms with Crippen molar-refractivity contribution in [2.24, 2.45) is 0 Å². The number of hydrogen-bond acceptors (Lipinski definition) is 3. The summed E-state index contributed by atoms with van der Waals surface area (Å²) in [6.07, 6.45) is 1.95. The number of halogens is 1. The fraction of sp³-hybridized carbons (Fsp3) is 0.500. The van der Waals surface area contributed by atoms with Crippen LogP contribution in [0.5, 0.6) is 0 Å². The van der Waals surface area contributed by atoms with Gasteiger partial charge in [0.15, 0.2) is 0 Å². The molecule has 19 heavy (non-hydrogen) atoms. The summed E-state index contributed by atoms with van der Waals surface area (Å²) in [6, 6.07) is 3.78. The molecule has 3 nitrogen and oxygen atoms in total. The van der Waals surface area contributed by atoms with Crippen LogP contribution in [0.15, 0.2) is 18.1 Å². The van der Waals surface area contributed by atoms with Crippen molar-refractivity contribution in [1.82, 2.24) is 4.98 Å². The first-order valence-electron chi connectivity index (χ1n) is 6.38. The monoisotopic (exact) mass is 279 g/mol. The van der Waals surface area contributed by atoms with E-state index in [1.54, 1.807) is 0 Å². The van der Waals surface area contributed by atoms with Crippen LogP contribution in [0.1, 0.15) is 39.0 Å². The summed E-state index contributed by atoms with van der Waals surface area (Å²) in [5.74, 6) is 1.90. The second-order valence-electron chi connectivity index (χ2n) is 5.85. The normalized spacial score (nSPS) is 21.3. The third-order valence-electron chi connectivity index (χ3n) is 3.66. The maximum atomic E-state index is 5.93. The molecule has 102 valence electrons. The Morgan fingerprint density at radius 2 is 1.74 bits per heavy atom. The number of hydrogen-bond donors (Lipinski definition) is 0. The number of aromatic nitrogens is 1. The first-order chi connectivity index (χ1) is 8.69.